The van der Waals surface area contributed by atoms with Crippen LogP contribution in [-0.4, -0.2) is 68.4 Å². The number of morpholine rings is 2. The summed E-state index contributed by atoms with van der Waals surface area (Å²) in [5.74, 6) is 1.56. The van der Waals surface area contributed by atoms with Gasteiger partial charge in [0.1, 0.15) is 5.82 Å². The van der Waals surface area contributed by atoms with Gasteiger partial charge in [-0.2, -0.15) is 0 Å². The van der Waals surface area contributed by atoms with E-state index in [4.69, 9.17) is 15.2 Å². The van der Waals surface area contributed by atoms with Crippen molar-refractivity contribution in [1.82, 2.24) is 9.88 Å². The Morgan fingerprint density at radius 3 is 2.50 bits per heavy atom. The molecule has 22 heavy (non-hydrogen) atoms. The summed E-state index contributed by atoms with van der Waals surface area (Å²) in [6, 6.07) is 6.04. The molecule has 0 atom stereocenters. The third-order valence-electron chi connectivity index (χ3n) is 3.87. The molecule has 0 spiro atoms. The van der Waals surface area contributed by atoms with Crippen LogP contribution in [0.1, 0.15) is 5.69 Å². The average molecular weight is 305 g/mol. The summed E-state index contributed by atoms with van der Waals surface area (Å²) < 4.78 is 10.7. The first-order chi connectivity index (χ1) is 10.8. The first-order valence-corrected chi connectivity index (χ1v) is 7.74. The topological polar surface area (TPSA) is 76.2 Å². The Kier molecular flexibility index (Phi) is 5.07. The third-order valence-corrected chi connectivity index (χ3v) is 3.87. The maximum Gasteiger partial charge on any atom is 0.191 e. The van der Waals surface area contributed by atoms with E-state index in [0.717, 1.165) is 50.9 Å². The zero-order valence-electron chi connectivity index (χ0n) is 12.8. The minimum atomic E-state index is 0.501. The molecule has 0 aliphatic carbocycles. The molecule has 2 N–H and O–H groups in total. The van der Waals surface area contributed by atoms with Crippen molar-refractivity contribution in [1.29, 1.82) is 0 Å². The number of hydrogen-bond donors (Lipinski definition) is 1. The van der Waals surface area contributed by atoms with Gasteiger partial charge in [0.25, 0.3) is 0 Å². The summed E-state index contributed by atoms with van der Waals surface area (Å²) in [6.45, 7) is 6.81. The lowest BCUT2D eigenvalue weighted by molar-refractivity contribution is 0.0674. The molecule has 0 unspecified atom stereocenters. The van der Waals surface area contributed by atoms with Crippen molar-refractivity contribution in [2.45, 2.75) is 6.54 Å². The molecule has 2 aliphatic rings. The van der Waals surface area contributed by atoms with Crippen molar-refractivity contribution in [3.05, 3.63) is 23.9 Å². The lowest BCUT2D eigenvalue weighted by Crippen LogP contribution is -2.44. The van der Waals surface area contributed by atoms with Crippen molar-refractivity contribution in [2.75, 3.05) is 57.5 Å². The second-order valence-electron chi connectivity index (χ2n) is 5.36. The van der Waals surface area contributed by atoms with Crippen LogP contribution < -0.4 is 10.6 Å². The smallest absolute Gasteiger partial charge is 0.191 e. The molecular formula is C15H23N5O2. The largest absolute Gasteiger partial charge is 0.378 e. The molecule has 7 nitrogen and oxygen atoms in total. The van der Waals surface area contributed by atoms with E-state index in [9.17, 15) is 0 Å². The molecule has 3 rings (SSSR count). The van der Waals surface area contributed by atoms with Gasteiger partial charge in [-0.05, 0) is 12.1 Å². The van der Waals surface area contributed by atoms with E-state index in [1.165, 1.54) is 0 Å². The summed E-state index contributed by atoms with van der Waals surface area (Å²) in [6.07, 6.45) is 0. The molecule has 3 heterocycles. The molecular weight excluding hydrogens is 282 g/mol. The summed E-state index contributed by atoms with van der Waals surface area (Å²) in [7, 11) is 0. The van der Waals surface area contributed by atoms with Crippen molar-refractivity contribution < 1.29 is 9.47 Å². The number of anilines is 1. The van der Waals surface area contributed by atoms with Crippen LogP contribution in [-0.2, 0) is 16.0 Å². The van der Waals surface area contributed by atoms with Gasteiger partial charge in [0, 0.05) is 26.2 Å². The first-order valence-electron chi connectivity index (χ1n) is 7.74. The zero-order valence-corrected chi connectivity index (χ0v) is 12.8. The Morgan fingerprint density at radius 2 is 1.77 bits per heavy atom. The number of nitrogens with zero attached hydrogens (tertiary/aromatic N) is 4. The molecule has 1 aromatic rings. The van der Waals surface area contributed by atoms with Gasteiger partial charge >= 0.3 is 0 Å². The fourth-order valence-corrected chi connectivity index (χ4v) is 2.58. The van der Waals surface area contributed by atoms with Crippen molar-refractivity contribution in [2.24, 2.45) is 10.7 Å². The number of hydrogen-bond acceptors (Lipinski definition) is 5. The van der Waals surface area contributed by atoms with Crippen LogP contribution in [0.3, 0.4) is 0 Å². The minimum Gasteiger partial charge on any atom is -0.378 e. The number of aromatic nitrogens is 1. The Morgan fingerprint density at radius 1 is 1.09 bits per heavy atom. The van der Waals surface area contributed by atoms with Crippen LogP contribution in [0.2, 0.25) is 0 Å². The summed E-state index contributed by atoms with van der Waals surface area (Å²) in [4.78, 5) is 13.4. The molecule has 2 saturated heterocycles. The number of guanidine groups is 1. The second kappa shape index (κ2) is 7.42. The molecule has 120 valence electrons. The zero-order chi connectivity index (χ0) is 15.2. The minimum absolute atomic E-state index is 0.501. The summed E-state index contributed by atoms with van der Waals surface area (Å²) in [5, 5.41) is 0. The molecule has 2 aliphatic heterocycles. The van der Waals surface area contributed by atoms with Gasteiger partial charge in [-0.25, -0.2) is 9.98 Å². The van der Waals surface area contributed by atoms with E-state index in [2.05, 4.69) is 19.8 Å². The summed E-state index contributed by atoms with van der Waals surface area (Å²) in [5.41, 5.74) is 6.97. The van der Waals surface area contributed by atoms with Gasteiger partial charge in [0.15, 0.2) is 5.96 Å². The normalized spacial score (nSPS) is 20.3. The predicted molar refractivity (Wildman–Crippen MR) is 85.0 cm³/mol. The lowest BCUT2D eigenvalue weighted by Gasteiger charge is -2.28. The highest BCUT2D eigenvalue weighted by Gasteiger charge is 2.14. The van der Waals surface area contributed by atoms with Crippen LogP contribution in [0.25, 0.3) is 0 Å². The van der Waals surface area contributed by atoms with E-state index < -0.39 is 0 Å². The van der Waals surface area contributed by atoms with Crippen LogP contribution >= 0.6 is 0 Å². The van der Waals surface area contributed by atoms with Gasteiger partial charge < -0.3 is 25.0 Å². The molecule has 7 heteroatoms. The van der Waals surface area contributed by atoms with Gasteiger partial charge in [0.2, 0.25) is 0 Å². The van der Waals surface area contributed by atoms with Crippen molar-refractivity contribution in [3.63, 3.8) is 0 Å². The maximum atomic E-state index is 6.04. The Bertz CT molecular complexity index is 510. The molecule has 1 aromatic heterocycles. The molecule has 0 radical (unpaired) electrons. The number of aliphatic imine (C=N–C) groups is 1. The first kappa shape index (κ1) is 15.1. The summed E-state index contributed by atoms with van der Waals surface area (Å²) >= 11 is 0. The van der Waals surface area contributed by atoms with Gasteiger partial charge in [0.05, 0.1) is 38.7 Å². The highest BCUT2D eigenvalue weighted by atomic mass is 16.5. The number of ether oxygens (including phenoxy) is 2. The fraction of sp³-hybridized carbons (Fsp3) is 0.600. The van der Waals surface area contributed by atoms with E-state index in [0.29, 0.717) is 25.7 Å². The molecule has 0 amide bonds. The number of rotatable bonds is 3. The quantitative estimate of drug-likeness (QED) is 0.629. The standard InChI is InChI=1S/C15H23N5O2/c16-15(20-6-10-22-11-7-20)17-12-13-2-1-3-14(18-13)19-4-8-21-9-5-19/h1-3H,4-12H2,(H2,16,17). The molecule has 2 fully saturated rings. The Labute approximate surface area is 130 Å². The monoisotopic (exact) mass is 305 g/mol. The van der Waals surface area contributed by atoms with Crippen LogP contribution in [0.15, 0.2) is 23.2 Å². The van der Waals surface area contributed by atoms with E-state index in [-0.39, 0.29) is 0 Å². The van der Waals surface area contributed by atoms with Gasteiger partial charge in [-0.3, -0.25) is 0 Å². The van der Waals surface area contributed by atoms with E-state index >= 15 is 0 Å². The average Bonchev–Trinajstić information content (AvgIpc) is 2.61. The molecule has 0 bridgehead atoms. The van der Waals surface area contributed by atoms with Crippen molar-refractivity contribution >= 4 is 11.8 Å². The van der Waals surface area contributed by atoms with E-state index in [1.54, 1.807) is 0 Å². The van der Waals surface area contributed by atoms with Crippen LogP contribution in [0.4, 0.5) is 5.82 Å². The SMILES string of the molecule is NC(=NCc1cccc(N2CCOCC2)n1)N1CCOCC1. The third kappa shape index (κ3) is 3.86. The lowest BCUT2D eigenvalue weighted by atomic mass is 10.3. The maximum absolute atomic E-state index is 6.04. The Balaban J connectivity index is 1.62. The van der Waals surface area contributed by atoms with Gasteiger partial charge in [-0.15, -0.1) is 0 Å². The van der Waals surface area contributed by atoms with Gasteiger partial charge in [-0.1, -0.05) is 6.07 Å². The van der Waals surface area contributed by atoms with Crippen LogP contribution in [0, 0.1) is 0 Å². The highest BCUT2D eigenvalue weighted by molar-refractivity contribution is 5.78. The highest BCUT2D eigenvalue weighted by Crippen LogP contribution is 2.13. The predicted octanol–water partition coefficient (Wildman–Crippen LogP) is 0.0651. The Hall–Kier alpha value is -1.86. The van der Waals surface area contributed by atoms with Crippen LogP contribution in [0.5, 0.6) is 0 Å². The van der Waals surface area contributed by atoms with Crippen molar-refractivity contribution in [3.8, 4) is 0 Å². The van der Waals surface area contributed by atoms with E-state index in [1.807, 2.05) is 18.2 Å². The number of nitrogens with two attached hydrogens (primary N) is 1. The molecule has 0 aromatic carbocycles. The fourth-order valence-electron chi connectivity index (χ4n) is 2.58. The molecule has 0 saturated carbocycles. The number of pyridine rings is 1. The second-order valence-corrected chi connectivity index (χ2v) is 5.36.